The molecule has 3 amide bonds. The molecule has 0 N–H and O–H groups in total. The predicted octanol–water partition coefficient (Wildman–Crippen LogP) is 3.68. The lowest BCUT2D eigenvalue weighted by molar-refractivity contribution is -0.137. The first kappa shape index (κ1) is 20.4. The smallest absolute Gasteiger partial charge is 0.302 e. The number of guanidine groups is 1. The molecule has 1 aromatic rings. The fourth-order valence-corrected chi connectivity index (χ4v) is 4.45. The molecule has 0 bridgehead atoms. The Labute approximate surface area is 178 Å². The summed E-state index contributed by atoms with van der Waals surface area (Å²) in [6.45, 7) is 12.9. The third-order valence-corrected chi connectivity index (χ3v) is 6.43. The zero-order chi connectivity index (χ0) is 21.9. The molecule has 2 atom stereocenters. The maximum Gasteiger partial charge on any atom is 0.328 e. The summed E-state index contributed by atoms with van der Waals surface area (Å²) in [5, 5.41) is 0. The van der Waals surface area contributed by atoms with Crippen molar-refractivity contribution in [2.45, 2.75) is 60.2 Å². The molecule has 160 valence electrons. The van der Waals surface area contributed by atoms with Crippen molar-refractivity contribution in [3.05, 3.63) is 40.7 Å². The Bertz CT molecular complexity index is 980. The van der Waals surface area contributed by atoms with E-state index in [-0.39, 0.29) is 11.9 Å². The SMILES string of the molecule is CC1=C(C)N2C(=NC3C2C(=O)N(CCC(C)C)C(=O)N3C)N1c1cc(C)ccc1C. The van der Waals surface area contributed by atoms with Gasteiger partial charge in [-0.15, -0.1) is 0 Å². The number of imide groups is 1. The minimum Gasteiger partial charge on any atom is -0.302 e. The molecule has 7 heteroatoms. The molecule has 2 unspecified atom stereocenters. The van der Waals surface area contributed by atoms with Gasteiger partial charge in [-0.05, 0) is 57.2 Å². The van der Waals surface area contributed by atoms with E-state index < -0.39 is 12.2 Å². The molecule has 0 radical (unpaired) electrons. The number of allylic oxidation sites excluding steroid dienone is 2. The van der Waals surface area contributed by atoms with Gasteiger partial charge in [0, 0.05) is 25.0 Å². The number of amides is 3. The number of rotatable bonds is 4. The highest BCUT2D eigenvalue weighted by molar-refractivity contribution is 6.10. The van der Waals surface area contributed by atoms with E-state index in [9.17, 15) is 9.59 Å². The number of likely N-dealkylation sites (N-methyl/N-ethyl adjacent to an activating group) is 1. The standard InChI is InChI=1S/C23H31N5O2/c1-13(2)10-11-26-21(29)19-20(25(7)23(26)30)24-22-27(16(5)17(6)28(19)22)18-12-14(3)8-9-15(18)4/h8-9,12-13,19-20H,10-11H2,1-7H3. The monoisotopic (exact) mass is 409 g/mol. The van der Waals surface area contributed by atoms with Crippen LogP contribution in [0.25, 0.3) is 0 Å². The zero-order valence-electron chi connectivity index (χ0n) is 18.9. The first-order valence-electron chi connectivity index (χ1n) is 10.6. The molecular formula is C23H31N5O2. The van der Waals surface area contributed by atoms with Crippen LogP contribution in [0.3, 0.4) is 0 Å². The third-order valence-electron chi connectivity index (χ3n) is 6.43. The summed E-state index contributed by atoms with van der Waals surface area (Å²) in [4.78, 5) is 38.4. The number of aryl methyl sites for hydroxylation is 2. The highest BCUT2D eigenvalue weighted by Gasteiger charge is 2.55. The van der Waals surface area contributed by atoms with Crippen LogP contribution >= 0.6 is 0 Å². The van der Waals surface area contributed by atoms with Gasteiger partial charge in [-0.2, -0.15) is 0 Å². The van der Waals surface area contributed by atoms with E-state index >= 15 is 0 Å². The number of hydrogen-bond acceptors (Lipinski definition) is 5. The van der Waals surface area contributed by atoms with Crippen LogP contribution in [0, 0.1) is 19.8 Å². The highest BCUT2D eigenvalue weighted by atomic mass is 16.2. The molecule has 7 nitrogen and oxygen atoms in total. The van der Waals surface area contributed by atoms with Crippen LogP contribution in [0.1, 0.15) is 45.2 Å². The van der Waals surface area contributed by atoms with Gasteiger partial charge in [0.2, 0.25) is 5.96 Å². The van der Waals surface area contributed by atoms with Crippen LogP contribution in [0.15, 0.2) is 34.6 Å². The quantitative estimate of drug-likeness (QED) is 0.761. The molecule has 1 fully saturated rings. The minimum atomic E-state index is -0.514. The van der Waals surface area contributed by atoms with Crippen LogP contribution < -0.4 is 4.90 Å². The Morgan fingerprint density at radius 3 is 2.43 bits per heavy atom. The number of benzene rings is 1. The first-order valence-corrected chi connectivity index (χ1v) is 10.6. The Balaban J connectivity index is 1.75. The summed E-state index contributed by atoms with van der Waals surface area (Å²) in [5.41, 5.74) is 5.43. The molecule has 1 saturated heterocycles. The van der Waals surface area contributed by atoms with Crippen LogP contribution in [-0.4, -0.2) is 58.4 Å². The van der Waals surface area contributed by atoms with Crippen LogP contribution in [0.5, 0.6) is 0 Å². The summed E-state index contributed by atoms with van der Waals surface area (Å²) in [6.07, 6.45) is 0.282. The lowest BCUT2D eigenvalue weighted by Gasteiger charge is -2.41. The fraction of sp³-hybridized carbons (Fsp3) is 0.522. The summed E-state index contributed by atoms with van der Waals surface area (Å²) < 4.78 is 0. The van der Waals surface area contributed by atoms with E-state index in [4.69, 9.17) is 4.99 Å². The molecule has 0 saturated carbocycles. The van der Waals surface area contributed by atoms with Crippen molar-refractivity contribution in [3.63, 3.8) is 0 Å². The van der Waals surface area contributed by atoms with Gasteiger partial charge in [0.1, 0.15) is 0 Å². The maximum atomic E-state index is 13.5. The lowest BCUT2D eigenvalue weighted by Crippen LogP contribution is -2.64. The summed E-state index contributed by atoms with van der Waals surface area (Å²) in [7, 11) is 1.75. The Hall–Kier alpha value is -2.83. The largest absolute Gasteiger partial charge is 0.328 e. The highest BCUT2D eigenvalue weighted by Crippen LogP contribution is 2.41. The zero-order valence-corrected chi connectivity index (χ0v) is 18.9. The number of carbonyl (C=O) groups is 2. The second-order valence-corrected chi connectivity index (χ2v) is 9.02. The van der Waals surface area contributed by atoms with Gasteiger partial charge < -0.3 is 4.90 Å². The van der Waals surface area contributed by atoms with Crippen LogP contribution in [0.2, 0.25) is 0 Å². The number of urea groups is 1. The van der Waals surface area contributed by atoms with Crippen molar-refractivity contribution in [1.29, 1.82) is 0 Å². The minimum absolute atomic E-state index is 0.155. The predicted molar refractivity (Wildman–Crippen MR) is 118 cm³/mol. The average molecular weight is 410 g/mol. The number of aliphatic imine (C=N–C) groups is 1. The molecular weight excluding hydrogens is 378 g/mol. The van der Waals surface area contributed by atoms with Gasteiger partial charge in [-0.3, -0.25) is 19.5 Å². The first-order chi connectivity index (χ1) is 14.1. The van der Waals surface area contributed by atoms with Crippen LogP contribution in [-0.2, 0) is 4.79 Å². The van der Waals surface area contributed by atoms with E-state index in [2.05, 4.69) is 57.7 Å². The van der Waals surface area contributed by atoms with Gasteiger partial charge in [0.15, 0.2) is 12.2 Å². The van der Waals surface area contributed by atoms with E-state index in [0.717, 1.165) is 35.0 Å². The number of hydrogen-bond donors (Lipinski definition) is 0. The molecule has 4 rings (SSSR count). The van der Waals surface area contributed by atoms with Gasteiger partial charge in [0.25, 0.3) is 5.91 Å². The third kappa shape index (κ3) is 2.90. The van der Waals surface area contributed by atoms with Crippen molar-refractivity contribution >= 4 is 23.6 Å². The van der Waals surface area contributed by atoms with Gasteiger partial charge in [-0.25, -0.2) is 9.79 Å². The van der Waals surface area contributed by atoms with Gasteiger partial charge >= 0.3 is 6.03 Å². The van der Waals surface area contributed by atoms with Crippen LogP contribution in [0.4, 0.5) is 10.5 Å². The van der Waals surface area contributed by atoms with Crippen molar-refractivity contribution in [3.8, 4) is 0 Å². The molecule has 30 heavy (non-hydrogen) atoms. The Morgan fingerprint density at radius 1 is 1.07 bits per heavy atom. The molecule has 0 spiro atoms. The van der Waals surface area contributed by atoms with Crippen molar-refractivity contribution in [2.75, 3.05) is 18.5 Å². The van der Waals surface area contributed by atoms with Crippen molar-refractivity contribution in [1.82, 2.24) is 14.7 Å². The molecule has 1 aromatic carbocycles. The lowest BCUT2D eigenvalue weighted by atomic mass is 10.1. The molecule has 0 aliphatic carbocycles. The van der Waals surface area contributed by atoms with Gasteiger partial charge in [-0.1, -0.05) is 26.0 Å². The molecule has 0 aromatic heterocycles. The Morgan fingerprint density at radius 2 is 1.77 bits per heavy atom. The maximum absolute atomic E-state index is 13.5. The van der Waals surface area contributed by atoms with Crippen molar-refractivity contribution in [2.24, 2.45) is 10.9 Å². The van der Waals surface area contributed by atoms with E-state index in [1.165, 1.54) is 10.5 Å². The van der Waals surface area contributed by atoms with Crippen molar-refractivity contribution < 1.29 is 9.59 Å². The van der Waals surface area contributed by atoms with E-state index in [1.54, 1.807) is 11.9 Å². The number of carbonyl (C=O) groups excluding carboxylic acids is 2. The second kappa shape index (κ2) is 7.15. The molecule has 3 heterocycles. The van der Waals surface area contributed by atoms with E-state index in [0.29, 0.717) is 12.5 Å². The molecule has 3 aliphatic heterocycles. The summed E-state index contributed by atoms with van der Waals surface area (Å²) in [5.74, 6) is 0.990. The summed E-state index contributed by atoms with van der Waals surface area (Å²) in [6, 6.07) is 5.57. The topological polar surface area (TPSA) is 59.5 Å². The second-order valence-electron chi connectivity index (χ2n) is 9.02. The number of anilines is 1. The number of fused-ring (bicyclic) bond motifs is 3. The summed E-state index contributed by atoms with van der Waals surface area (Å²) >= 11 is 0. The number of nitrogens with zero attached hydrogens (tertiary/aromatic N) is 5. The average Bonchev–Trinajstić information content (AvgIpc) is 3.18. The molecule has 3 aliphatic rings. The Kier molecular flexibility index (Phi) is 4.87. The van der Waals surface area contributed by atoms with E-state index in [1.807, 2.05) is 11.8 Å². The normalized spacial score (nSPS) is 23.7. The van der Waals surface area contributed by atoms with Gasteiger partial charge in [0.05, 0.1) is 5.69 Å². The fourth-order valence-electron chi connectivity index (χ4n) is 4.45.